The van der Waals surface area contributed by atoms with Crippen molar-refractivity contribution in [3.8, 4) is 17.1 Å². The van der Waals surface area contributed by atoms with Gasteiger partial charge in [0.25, 0.3) is 0 Å². The molecule has 0 saturated heterocycles. The average molecular weight is 362 g/mol. The molecule has 1 aliphatic rings. The van der Waals surface area contributed by atoms with Crippen molar-refractivity contribution < 1.29 is 4.74 Å². The normalized spacial score (nSPS) is 12.9. The van der Waals surface area contributed by atoms with Crippen molar-refractivity contribution in [1.29, 1.82) is 0 Å². The fourth-order valence-electron chi connectivity index (χ4n) is 3.26. The van der Waals surface area contributed by atoms with Gasteiger partial charge in [-0.3, -0.25) is 0 Å². The highest BCUT2D eigenvalue weighted by Crippen LogP contribution is 2.38. The molecule has 0 bridgehead atoms. The summed E-state index contributed by atoms with van der Waals surface area (Å²) in [5.41, 5.74) is 3.23. The van der Waals surface area contributed by atoms with E-state index in [1.165, 1.54) is 0 Å². The molecule has 1 aliphatic heterocycles. The first-order chi connectivity index (χ1) is 13.1. The molecular weight excluding hydrogens is 340 g/mol. The Bertz CT molecular complexity index is 976. The van der Waals surface area contributed by atoms with Crippen LogP contribution in [0, 0.1) is 0 Å². The van der Waals surface area contributed by atoms with E-state index in [-0.39, 0.29) is 0 Å². The van der Waals surface area contributed by atoms with Crippen LogP contribution in [0.25, 0.3) is 17.2 Å². The van der Waals surface area contributed by atoms with E-state index < -0.39 is 0 Å². The number of fused-ring (bicyclic) bond motifs is 3. The van der Waals surface area contributed by atoms with Crippen LogP contribution in [-0.2, 0) is 13.1 Å². The van der Waals surface area contributed by atoms with Gasteiger partial charge >= 0.3 is 0 Å². The molecule has 4 rings (SSSR count). The summed E-state index contributed by atoms with van der Waals surface area (Å²) < 4.78 is 7.02. The molecule has 7 heteroatoms. The Balaban J connectivity index is 1.74. The van der Waals surface area contributed by atoms with Gasteiger partial charge in [0.2, 0.25) is 0 Å². The lowest BCUT2D eigenvalue weighted by molar-refractivity contribution is 0.402. The third kappa shape index (κ3) is 3.17. The van der Waals surface area contributed by atoms with Crippen molar-refractivity contribution in [2.75, 3.05) is 26.1 Å². The molecule has 0 spiro atoms. The van der Waals surface area contributed by atoms with Crippen LogP contribution in [0.5, 0.6) is 5.75 Å². The molecule has 0 radical (unpaired) electrons. The Morgan fingerprint density at radius 3 is 2.59 bits per heavy atom. The van der Waals surface area contributed by atoms with E-state index >= 15 is 0 Å². The predicted octanol–water partition coefficient (Wildman–Crippen LogP) is 2.86. The molecule has 0 aliphatic carbocycles. The van der Waals surface area contributed by atoms with Gasteiger partial charge in [-0.2, -0.15) is 9.78 Å². The minimum Gasteiger partial charge on any atom is -0.497 e. The van der Waals surface area contributed by atoms with Gasteiger partial charge in [-0.15, -0.1) is 0 Å². The molecule has 2 aromatic heterocycles. The molecule has 1 aromatic carbocycles. The monoisotopic (exact) mass is 362 g/mol. The van der Waals surface area contributed by atoms with Crippen LogP contribution in [-0.4, -0.2) is 45.9 Å². The Morgan fingerprint density at radius 1 is 1.11 bits per heavy atom. The van der Waals surface area contributed by atoms with Crippen LogP contribution in [0.15, 0.2) is 49.4 Å². The Kier molecular flexibility index (Phi) is 4.37. The van der Waals surface area contributed by atoms with Crippen LogP contribution in [0.2, 0.25) is 0 Å². The number of benzene rings is 1. The van der Waals surface area contributed by atoms with E-state index in [1.54, 1.807) is 18.1 Å². The summed E-state index contributed by atoms with van der Waals surface area (Å²) in [7, 11) is 5.75. The summed E-state index contributed by atoms with van der Waals surface area (Å²) in [6.45, 7) is 5.67. The van der Waals surface area contributed by atoms with Crippen LogP contribution >= 0.6 is 0 Å². The number of rotatable bonds is 5. The second kappa shape index (κ2) is 6.85. The highest BCUT2D eigenvalue weighted by molar-refractivity contribution is 5.84. The van der Waals surface area contributed by atoms with Crippen LogP contribution in [0.4, 0.5) is 5.82 Å². The summed E-state index contributed by atoms with van der Waals surface area (Å²) >= 11 is 0. The van der Waals surface area contributed by atoms with Crippen LogP contribution in [0.1, 0.15) is 11.1 Å². The molecule has 0 atom stereocenters. The summed E-state index contributed by atoms with van der Waals surface area (Å²) in [5, 5.41) is 4.35. The number of methoxy groups -OCH3 is 1. The average Bonchev–Trinajstić information content (AvgIpc) is 3.15. The lowest BCUT2D eigenvalue weighted by Gasteiger charge is -2.32. The lowest BCUT2D eigenvalue weighted by Crippen LogP contribution is -2.30. The predicted molar refractivity (Wildman–Crippen MR) is 105 cm³/mol. The third-order valence-corrected chi connectivity index (χ3v) is 4.52. The number of nitrogens with zero attached hydrogens (tertiary/aromatic N) is 6. The molecule has 27 heavy (non-hydrogen) atoms. The first-order valence-electron chi connectivity index (χ1n) is 8.70. The van der Waals surface area contributed by atoms with Crippen molar-refractivity contribution >= 4 is 11.6 Å². The van der Waals surface area contributed by atoms with Gasteiger partial charge in [-0.05, 0) is 43.4 Å². The highest BCUT2D eigenvalue weighted by Gasteiger charge is 2.28. The molecule has 0 amide bonds. The number of anilines is 1. The molecule has 0 fully saturated rings. The van der Waals surface area contributed by atoms with Crippen molar-refractivity contribution in [3.63, 3.8) is 0 Å². The highest BCUT2D eigenvalue weighted by atomic mass is 16.5. The molecule has 7 nitrogen and oxygen atoms in total. The molecule has 0 saturated carbocycles. The summed E-state index contributed by atoms with van der Waals surface area (Å²) in [5.74, 6) is 3.19. The largest absolute Gasteiger partial charge is 0.497 e. The third-order valence-electron chi connectivity index (χ3n) is 4.52. The van der Waals surface area contributed by atoms with E-state index in [9.17, 15) is 0 Å². The molecule has 138 valence electrons. The zero-order valence-corrected chi connectivity index (χ0v) is 15.8. The van der Waals surface area contributed by atoms with Gasteiger partial charge in [-0.1, -0.05) is 18.7 Å². The topological polar surface area (TPSA) is 59.3 Å². The van der Waals surface area contributed by atoms with Crippen molar-refractivity contribution in [3.05, 3.63) is 60.6 Å². The number of hydrogen-bond donors (Lipinski definition) is 0. The molecule has 3 aromatic rings. The minimum atomic E-state index is 0.634. The van der Waals surface area contributed by atoms with Gasteiger partial charge in [0.05, 0.1) is 19.2 Å². The second-order valence-electron chi connectivity index (χ2n) is 6.80. The van der Waals surface area contributed by atoms with Gasteiger partial charge in [0.15, 0.2) is 5.82 Å². The summed E-state index contributed by atoms with van der Waals surface area (Å²) in [6, 6.07) is 10.1. The Morgan fingerprint density at radius 2 is 1.89 bits per heavy atom. The van der Waals surface area contributed by atoms with Crippen molar-refractivity contribution in [2.24, 2.45) is 0 Å². The lowest BCUT2D eigenvalue weighted by atomic mass is 10.1. The maximum Gasteiger partial charge on any atom is 0.168 e. The molecule has 0 N–H and O–H groups in total. The van der Waals surface area contributed by atoms with E-state index in [0.717, 1.165) is 46.4 Å². The SMILES string of the molecule is C=C1N(Cc2ccc(OC)cc2)c2ncc(CN(C)C)cc2-c2ncnn21. The van der Waals surface area contributed by atoms with E-state index in [2.05, 4.69) is 32.5 Å². The van der Waals surface area contributed by atoms with Crippen LogP contribution < -0.4 is 9.64 Å². The number of aromatic nitrogens is 4. The first-order valence-corrected chi connectivity index (χ1v) is 8.70. The standard InChI is InChI=1S/C20H22N6O/c1-14-25(12-15-5-7-17(27-4)8-6-15)19-18(20-22-13-23-26(14)20)9-16(10-21-19)11-24(2)3/h5-10,13H,1,11-12H2,2-4H3. The van der Waals surface area contributed by atoms with Crippen LogP contribution in [0.3, 0.4) is 0 Å². The van der Waals surface area contributed by atoms with Crippen molar-refractivity contribution in [2.45, 2.75) is 13.1 Å². The fourth-order valence-corrected chi connectivity index (χ4v) is 3.26. The smallest absolute Gasteiger partial charge is 0.168 e. The van der Waals surface area contributed by atoms with E-state index in [0.29, 0.717) is 6.54 Å². The molecular formula is C20H22N6O. The molecule has 3 heterocycles. The van der Waals surface area contributed by atoms with Gasteiger partial charge in [0, 0.05) is 12.7 Å². The summed E-state index contributed by atoms with van der Waals surface area (Å²) in [6.07, 6.45) is 3.47. The number of pyridine rings is 1. The van der Waals surface area contributed by atoms with E-state index in [1.807, 2.05) is 44.6 Å². The quantitative estimate of drug-likeness (QED) is 0.696. The maximum atomic E-state index is 5.25. The zero-order chi connectivity index (χ0) is 19.0. The Labute approximate surface area is 158 Å². The first kappa shape index (κ1) is 17.2. The van der Waals surface area contributed by atoms with Crippen molar-refractivity contribution in [1.82, 2.24) is 24.6 Å². The minimum absolute atomic E-state index is 0.634. The maximum absolute atomic E-state index is 5.25. The van der Waals surface area contributed by atoms with Gasteiger partial charge in [0.1, 0.15) is 23.7 Å². The Hall–Kier alpha value is -3.19. The van der Waals surface area contributed by atoms with Gasteiger partial charge < -0.3 is 14.5 Å². The summed E-state index contributed by atoms with van der Waals surface area (Å²) in [4.78, 5) is 13.4. The fraction of sp³-hybridized carbons (Fsp3) is 0.250. The number of ether oxygens (including phenoxy) is 1. The zero-order valence-electron chi connectivity index (χ0n) is 15.8. The van der Waals surface area contributed by atoms with E-state index in [4.69, 9.17) is 9.72 Å². The number of hydrogen-bond acceptors (Lipinski definition) is 6. The molecule has 0 unspecified atom stereocenters. The second-order valence-corrected chi connectivity index (χ2v) is 6.80. The van der Waals surface area contributed by atoms with Gasteiger partial charge in [-0.25, -0.2) is 9.97 Å².